The Morgan fingerprint density at radius 3 is 2.32 bits per heavy atom. The largest absolute Gasteiger partial charge is 0.351 e. The summed E-state index contributed by atoms with van der Waals surface area (Å²) >= 11 is 11.6. The summed E-state index contributed by atoms with van der Waals surface area (Å²) < 4.78 is 0. The second kappa shape index (κ2) is 10.1. The molecule has 0 radical (unpaired) electrons. The Morgan fingerprint density at radius 2 is 1.79 bits per heavy atom. The van der Waals surface area contributed by atoms with Crippen molar-refractivity contribution < 1.29 is 4.79 Å². The van der Waals surface area contributed by atoms with Gasteiger partial charge in [-0.1, -0.05) is 50.9 Å². The lowest BCUT2D eigenvalue weighted by atomic mass is 10.2. The minimum absolute atomic E-state index is 0.144. The van der Waals surface area contributed by atoms with Crippen molar-refractivity contribution in [2.75, 3.05) is 13.1 Å². The molecule has 0 heterocycles. The van der Waals surface area contributed by atoms with Crippen molar-refractivity contribution in [3.05, 3.63) is 33.8 Å². The summed E-state index contributed by atoms with van der Waals surface area (Å²) in [6, 6.07) is 5.25. The van der Waals surface area contributed by atoms with Crippen molar-refractivity contribution in [3.8, 4) is 0 Å². The third-order valence-electron chi connectivity index (χ3n) is 2.14. The third kappa shape index (κ3) is 7.41. The average molecular weight is 305 g/mol. The van der Waals surface area contributed by atoms with Crippen LogP contribution in [0.5, 0.6) is 0 Å². The second-order valence-corrected chi connectivity index (χ2v) is 4.81. The van der Waals surface area contributed by atoms with Crippen LogP contribution in [0.3, 0.4) is 0 Å². The van der Waals surface area contributed by atoms with E-state index in [-0.39, 0.29) is 5.91 Å². The van der Waals surface area contributed by atoms with Gasteiger partial charge >= 0.3 is 0 Å². The fraction of sp³-hybridized carbons (Fsp3) is 0.500. The van der Waals surface area contributed by atoms with Crippen LogP contribution in [0.2, 0.25) is 10.0 Å². The minimum atomic E-state index is -0.144. The number of hydrogen-bond donors (Lipinski definition) is 2. The van der Waals surface area contributed by atoms with Gasteiger partial charge in [0.1, 0.15) is 0 Å². The summed E-state index contributed by atoms with van der Waals surface area (Å²) in [6.07, 6.45) is 0. The summed E-state index contributed by atoms with van der Waals surface area (Å²) in [6.45, 7) is 9.43. The van der Waals surface area contributed by atoms with Crippen LogP contribution in [0, 0.1) is 0 Å². The molecule has 1 aromatic carbocycles. The van der Waals surface area contributed by atoms with Crippen LogP contribution in [-0.2, 0) is 0 Å². The highest BCUT2D eigenvalue weighted by Gasteiger charge is 2.07. The molecule has 0 fully saturated rings. The second-order valence-electron chi connectivity index (χ2n) is 3.99. The Balaban J connectivity index is 0.00000154. The Bertz CT molecular complexity index is 395. The van der Waals surface area contributed by atoms with Crippen molar-refractivity contribution in [2.45, 2.75) is 33.7 Å². The maximum atomic E-state index is 11.7. The molecule has 0 aliphatic carbocycles. The zero-order valence-electron chi connectivity index (χ0n) is 11.9. The predicted molar refractivity (Wildman–Crippen MR) is 83.3 cm³/mol. The van der Waals surface area contributed by atoms with Gasteiger partial charge in [0.05, 0.1) is 10.0 Å². The summed E-state index contributed by atoms with van der Waals surface area (Å²) in [7, 11) is 0. The molecule has 0 saturated heterocycles. The molecule has 1 amide bonds. The van der Waals surface area contributed by atoms with E-state index >= 15 is 0 Å². The molecule has 1 rings (SSSR count). The fourth-order valence-electron chi connectivity index (χ4n) is 1.28. The number of halogens is 2. The fourth-order valence-corrected chi connectivity index (χ4v) is 1.57. The van der Waals surface area contributed by atoms with Crippen molar-refractivity contribution >= 4 is 29.1 Å². The van der Waals surface area contributed by atoms with E-state index < -0.39 is 0 Å². The van der Waals surface area contributed by atoms with Gasteiger partial charge in [-0.25, -0.2) is 0 Å². The van der Waals surface area contributed by atoms with Gasteiger partial charge in [-0.2, -0.15) is 0 Å². The van der Waals surface area contributed by atoms with E-state index in [0.29, 0.717) is 28.2 Å². The van der Waals surface area contributed by atoms with Gasteiger partial charge in [-0.3, -0.25) is 4.79 Å². The molecule has 3 nitrogen and oxygen atoms in total. The van der Waals surface area contributed by atoms with Crippen molar-refractivity contribution in [1.29, 1.82) is 0 Å². The van der Waals surface area contributed by atoms with E-state index in [4.69, 9.17) is 23.2 Å². The Kier molecular flexibility index (Phi) is 9.66. The number of amides is 1. The molecule has 0 aliphatic rings. The first-order valence-corrected chi connectivity index (χ1v) is 7.23. The van der Waals surface area contributed by atoms with Crippen LogP contribution < -0.4 is 10.6 Å². The first kappa shape index (κ1) is 18.2. The minimum Gasteiger partial charge on any atom is -0.351 e. The highest BCUT2D eigenvalue weighted by atomic mass is 35.5. The van der Waals surface area contributed by atoms with E-state index in [9.17, 15) is 4.79 Å². The summed E-state index contributed by atoms with van der Waals surface area (Å²) in [5, 5.41) is 6.85. The number of nitrogens with one attached hydrogen (secondary N) is 2. The molecular weight excluding hydrogens is 283 g/mol. The van der Waals surface area contributed by atoms with Crippen LogP contribution in [0.25, 0.3) is 0 Å². The lowest BCUT2D eigenvalue weighted by molar-refractivity contribution is 0.0953. The van der Waals surface area contributed by atoms with Gasteiger partial charge in [-0.05, 0) is 18.2 Å². The predicted octanol–water partition coefficient (Wildman–Crippen LogP) is 3.75. The smallest absolute Gasteiger partial charge is 0.251 e. The van der Waals surface area contributed by atoms with Gasteiger partial charge in [0.2, 0.25) is 0 Å². The maximum absolute atomic E-state index is 11.7. The topological polar surface area (TPSA) is 41.1 Å². The molecule has 0 spiro atoms. The molecule has 0 atom stereocenters. The van der Waals surface area contributed by atoms with Crippen LogP contribution >= 0.6 is 23.2 Å². The SMILES string of the molecule is CC.CC(C)NCCNC(=O)c1ccc(Cl)c(Cl)c1. The van der Waals surface area contributed by atoms with E-state index in [1.165, 1.54) is 0 Å². The zero-order chi connectivity index (χ0) is 14.8. The van der Waals surface area contributed by atoms with Gasteiger partial charge in [-0.15, -0.1) is 0 Å². The quantitative estimate of drug-likeness (QED) is 0.814. The molecule has 0 aromatic heterocycles. The van der Waals surface area contributed by atoms with E-state index in [0.717, 1.165) is 6.54 Å². The molecule has 19 heavy (non-hydrogen) atoms. The maximum Gasteiger partial charge on any atom is 0.251 e. The lowest BCUT2D eigenvalue weighted by Gasteiger charge is -2.09. The Morgan fingerprint density at radius 1 is 1.16 bits per heavy atom. The van der Waals surface area contributed by atoms with E-state index in [1.807, 2.05) is 13.8 Å². The third-order valence-corrected chi connectivity index (χ3v) is 2.88. The van der Waals surface area contributed by atoms with Crippen LogP contribution in [-0.4, -0.2) is 25.0 Å². The van der Waals surface area contributed by atoms with Gasteiger partial charge in [0.25, 0.3) is 5.91 Å². The van der Waals surface area contributed by atoms with Crippen molar-refractivity contribution in [1.82, 2.24) is 10.6 Å². The highest BCUT2D eigenvalue weighted by molar-refractivity contribution is 6.42. The lowest BCUT2D eigenvalue weighted by Crippen LogP contribution is -2.34. The van der Waals surface area contributed by atoms with Crippen LogP contribution in [0.15, 0.2) is 18.2 Å². The van der Waals surface area contributed by atoms with Gasteiger partial charge in [0, 0.05) is 24.7 Å². The van der Waals surface area contributed by atoms with Crippen LogP contribution in [0.4, 0.5) is 0 Å². The molecule has 5 heteroatoms. The Hall–Kier alpha value is -0.770. The summed E-state index contributed by atoms with van der Waals surface area (Å²) in [5.41, 5.74) is 0.518. The molecule has 0 saturated carbocycles. The normalized spacial score (nSPS) is 9.84. The first-order chi connectivity index (χ1) is 9.00. The van der Waals surface area contributed by atoms with Crippen molar-refractivity contribution in [2.24, 2.45) is 0 Å². The number of benzene rings is 1. The van der Waals surface area contributed by atoms with Gasteiger partial charge < -0.3 is 10.6 Å². The number of rotatable bonds is 5. The molecule has 108 valence electrons. The Labute approximate surface area is 125 Å². The van der Waals surface area contributed by atoms with Crippen LogP contribution in [0.1, 0.15) is 38.1 Å². The van der Waals surface area contributed by atoms with E-state index in [2.05, 4.69) is 24.5 Å². The molecule has 0 unspecified atom stereocenters. The average Bonchev–Trinajstić information content (AvgIpc) is 2.39. The monoisotopic (exact) mass is 304 g/mol. The molecule has 1 aromatic rings. The number of carbonyl (C=O) groups excluding carboxylic acids is 1. The molecule has 0 bridgehead atoms. The number of hydrogen-bond acceptors (Lipinski definition) is 2. The summed E-state index contributed by atoms with van der Waals surface area (Å²) in [4.78, 5) is 11.7. The van der Waals surface area contributed by atoms with Crippen molar-refractivity contribution in [3.63, 3.8) is 0 Å². The molecule has 2 N–H and O–H groups in total. The van der Waals surface area contributed by atoms with Gasteiger partial charge in [0.15, 0.2) is 0 Å². The first-order valence-electron chi connectivity index (χ1n) is 6.47. The number of carbonyl (C=O) groups is 1. The highest BCUT2D eigenvalue weighted by Crippen LogP contribution is 2.22. The standard InChI is InChI=1S/C12H16Cl2N2O.C2H6/c1-8(2)15-5-6-16-12(17)9-3-4-10(13)11(14)7-9;1-2/h3-4,7-8,15H,5-6H2,1-2H3,(H,16,17);1-2H3. The summed E-state index contributed by atoms with van der Waals surface area (Å²) in [5.74, 6) is -0.144. The van der Waals surface area contributed by atoms with E-state index in [1.54, 1.807) is 18.2 Å². The zero-order valence-corrected chi connectivity index (χ0v) is 13.4. The molecular formula is C14H22Cl2N2O. The molecule has 0 aliphatic heterocycles.